The van der Waals surface area contributed by atoms with Gasteiger partial charge in [0.2, 0.25) is 27.7 Å². The molecule has 2 saturated carbocycles. The highest BCUT2D eigenvalue weighted by atomic mass is 32.2. The summed E-state index contributed by atoms with van der Waals surface area (Å²) < 4.78 is 72.5. The zero-order chi connectivity index (χ0) is 42.2. The molecule has 17 heteroatoms. The maximum absolute atomic E-state index is 14.9. The van der Waals surface area contributed by atoms with E-state index in [0.717, 1.165) is 19.2 Å². The Morgan fingerprint density at radius 3 is 2.48 bits per heavy atom. The van der Waals surface area contributed by atoms with Crippen molar-refractivity contribution in [3.63, 3.8) is 0 Å². The number of nitrogens with one attached hydrogen (secondary N) is 3. The van der Waals surface area contributed by atoms with Gasteiger partial charge in [0.15, 0.2) is 5.60 Å². The summed E-state index contributed by atoms with van der Waals surface area (Å²) in [5.41, 5.74) is -3.76. The molecule has 4 amide bonds. The van der Waals surface area contributed by atoms with E-state index in [9.17, 15) is 36.4 Å². The topological polar surface area (TPSA) is 182 Å². The highest BCUT2D eigenvalue weighted by Gasteiger charge is 2.63. The lowest BCUT2D eigenvalue weighted by Crippen LogP contribution is -2.59. The number of pyridine rings is 1. The van der Waals surface area contributed by atoms with Crippen molar-refractivity contribution < 1.29 is 50.6 Å². The standard InChI is InChI=1S/C41H55F2N5O9S/c1-7-25-19-24(3)13-9-10-14-26-21-41(26,37(51)47-58(53,54)40(6)17-18-40)46-33(49)30-20-27(56-34-29-16-12-11-15-28(29)31(22-44-34)55-8-2)23-48(30)35(50)32(25)45-38(52)57-39(4,5)36(42)43/h10-12,14-16,22,24-27,30,32,36H,7-9,13,17-21,23H2,1-6H3,(H,45,52)(H,46,49)(H,47,51)/b14-10-/t24-,25+,26+,27+,30-,32-,41+/m0/s1. The quantitative estimate of drug-likeness (QED) is 0.248. The van der Waals surface area contributed by atoms with Crippen LogP contribution in [0.3, 0.4) is 0 Å². The number of benzene rings is 1. The van der Waals surface area contributed by atoms with Crippen LogP contribution in [0.2, 0.25) is 0 Å². The zero-order valence-electron chi connectivity index (χ0n) is 33.9. The molecule has 3 N–H and O–H groups in total. The minimum absolute atomic E-state index is 0.0336. The molecule has 0 bridgehead atoms. The highest BCUT2D eigenvalue weighted by Crippen LogP contribution is 2.48. The molecule has 2 aromatic rings. The molecule has 2 aliphatic carbocycles. The van der Waals surface area contributed by atoms with Gasteiger partial charge in [0.25, 0.3) is 12.3 Å². The molecule has 58 heavy (non-hydrogen) atoms. The first kappa shape index (κ1) is 43.0. The Morgan fingerprint density at radius 2 is 1.83 bits per heavy atom. The molecular formula is C41H55F2N5O9S. The molecule has 2 aliphatic heterocycles. The second-order valence-corrected chi connectivity index (χ2v) is 19.2. The minimum Gasteiger partial charge on any atom is -0.492 e. The van der Waals surface area contributed by atoms with Crippen LogP contribution in [0.15, 0.2) is 42.6 Å². The molecule has 7 atom stereocenters. The summed E-state index contributed by atoms with van der Waals surface area (Å²) in [5, 5.41) is 6.80. The van der Waals surface area contributed by atoms with Gasteiger partial charge in [-0.1, -0.05) is 50.6 Å². The van der Waals surface area contributed by atoms with Gasteiger partial charge in [-0.15, -0.1) is 0 Å². The summed E-state index contributed by atoms with van der Waals surface area (Å²) in [5.74, 6) is -2.43. The number of hydrogen-bond donors (Lipinski definition) is 3. The molecule has 1 saturated heterocycles. The number of carbonyl (C=O) groups is 4. The number of fused-ring (bicyclic) bond motifs is 3. The largest absolute Gasteiger partial charge is 0.492 e. The summed E-state index contributed by atoms with van der Waals surface area (Å²) >= 11 is 0. The van der Waals surface area contributed by atoms with Gasteiger partial charge in [0, 0.05) is 23.1 Å². The number of halogens is 2. The molecule has 0 unspecified atom stereocenters. The van der Waals surface area contributed by atoms with Gasteiger partial charge in [0.1, 0.15) is 29.5 Å². The minimum atomic E-state index is -4.05. The Labute approximate surface area is 338 Å². The number of rotatable bonds is 11. The summed E-state index contributed by atoms with van der Waals surface area (Å²) in [6.07, 6.45) is 3.27. The number of carbonyl (C=O) groups excluding carboxylic acids is 4. The normalized spacial score (nSPS) is 29.2. The lowest BCUT2D eigenvalue weighted by Gasteiger charge is -2.34. The van der Waals surface area contributed by atoms with Crippen molar-refractivity contribution in [3.05, 3.63) is 42.6 Å². The van der Waals surface area contributed by atoms with Crippen LogP contribution >= 0.6 is 0 Å². The average Bonchev–Trinajstić information content (AvgIpc) is 4.05. The lowest BCUT2D eigenvalue weighted by molar-refractivity contribution is -0.142. The first-order chi connectivity index (χ1) is 27.3. The van der Waals surface area contributed by atoms with E-state index in [1.807, 2.05) is 57.2 Å². The zero-order valence-corrected chi connectivity index (χ0v) is 34.7. The number of ether oxygens (including phenoxy) is 3. The Balaban J connectivity index is 1.37. The van der Waals surface area contributed by atoms with Crippen LogP contribution in [0.1, 0.15) is 92.9 Å². The first-order valence-electron chi connectivity index (χ1n) is 20.2. The Hall–Kier alpha value is -4.54. The van der Waals surface area contributed by atoms with Crippen LogP contribution in [-0.4, -0.2) is 95.8 Å². The lowest BCUT2D eigenvalue weighted by atomic mass is 9.85. The molecule has 0 spiro atoms. The predicted molar refractivity (Wildman–Crippen MR) is 211 cm³/mol. The van der Waals surface area contributed by atoms with Crippen LogP contribution in [0.4, 0.5) is 13.6 Å². The number of hydrogen-bond acceptors (Lipinski definition) is 10. The van der Waals surface area contributed by atoms with Gasteiger partial charge in [0.05, 0.1) is 24.1 Å². The number of nitrogens with zero attached hydrogens (tertiary/aromatic N) is 2. The second kappa shape index (κ2) is 16.6. The van der Waals surface area contributed by atoms with Gasteiger partial charge < -0.3 is 29.7 Å². The Bertz CT molecular complexity index is 2040. The van der Waals surface area contributed by atoms with Gasteiger partial charge >= 0.3 is 6.09 Å². The fourth-order valence-electron chi connectivity index (χ4n) is 7.92. The van der Waals surface area contributed by atoms with Crippen LogP contribution < -0.4 is 24.8 Å². The summed E-state index contributed by atoms with van der Waals surface area (Å²) in [4.78, 5) is 62.5. The van der Waals surface area contributed by atoms with Crippen LogP contribution in [-0.2, 0) is 29.1 Å². The number of allylic oxidation sites excluding steroid dienone is 1. The van der Waals surface area contributed by atoms with E-state index in [-0.39, 0.29) is 31.2 Å². The molecule has 1 aromatic carbocycles. The van der Waals surface area contributed by atoms with Crippen molar-refractivity contribution >= 4 is 44.6 Å². The van der Waals surface area contributed by atoms with Crippen LogP contribution in [0, 0.1) is 17.8 Å². The molecule has 1 aromatic heterocycles. The van der Waals surface area contributed by atoms with Crippen molar-refractivity contribution in [2.24, 2.45) is 17.8 Å². The van der Waals surface area contributed by atoms with Gasteiger partial charge in [-0.25, -0.2) is 27.0 Å². The fourth-order valence-corrected chi connectivity index (χ4v) is 9.23. The number of alkyl carbamates (subject to hydrolysis) is 1. The number of sulfonamides is 1. The SMILES string of the molecule is CCOc1cnc(O[C@@H]2C[C@H]3C(=O)N[C@]4(C(=O)NS(=O)(=O)C5(C)CC5)C[C@H]4/C=C\CC[C@H](C)C[C@@H](CC)[C@H](NC(=O)OC(C)(C)C(F)F)C(=O)N3C2)c2ccccc12. The third kappa shape index (κ3) is 8.88. The fraction of sp³-hybridized carbons (Fsp3) is 0.634. The van der Waals surface area contributed by atoms with Crippen LogP contribution in [0.5, 0.6) is 11.6 Å². The Morgan fingerprint density at radius 1 is 1.12 bits per heavy atom. The average molecular weight is 832 g/mol. The predicted octanol–water partition coefficient (Wildman–Crippen LogP) is 5.40. The van der Waals surface area contributed by atoms with Crippen molar-refractivity contribution in [3.8, 4) is 11.6 Å². The van der Waals surface area contributed by atoms with Crippen molar-refractivity contribution in [1.82, 2.24) is 25.2 Å². The second-order valence-electron chi connectivity index (χ2n) is 17.0. The molecule has 4 aliphatic rings. The van der Waals surface area contributed by atoms with E-state index < -0.39 is 86.2 Å². The van der Waals surface area contributed by atoms with Crippen LogP contribution in [0.25, 0.3) is 10.8 Å². The van der Waals surface area contributed by atoms with Gasteiger partial charge in [-0.2, -0.15) is 0 Å². The third-order valence-electron chi connectivity index (χ3n) is 12.1. The number of alkyl halides is 2. The molecule has 14 nitrogen and oxygen atoms in total. The number of aromatic nitrogens is 1. The van der Waals surface area contributed by atoms with Gasteiger partial charge in [-0.3, -0.25) is 19.1 Å². The maximum Gasteiger partial charge on any atom is 0.408 e. The van der Waals surface area contributed by atoms with E-state index in [1.165, 1.54) is 11.1 Å². The first-order valence-corrected chi connectivity index (χ1v) is 21.6. The van der Waals surface area contributed by atoms with E-state index in [0.29, 0.717) is 56.3 Å². The van der Waals surface area contributed by atoms with E-state index in [4.69, 9.17) is 14.2 Å². The molecule has 318 valence electrons. The smallest absolute Gasteiger partial charge is 0.408 e. The Kier molecular flexibility index (Phi) is 12.3. The third-order valence-corrected chi connectivity index (χ3v) is 14.2. The molecule has 6 rings (SSSR count). The van der Waals surface area contributed by atoms with E-state index in [1.54, 1.807) is 6.92 Å². The van der Waals surface area contributed by atoms with Crippen molar-refractivity contribution in [2.45, 2.75) is 133 Å². The van der Waals surface area contributed by atoms with Crippen molar-refractivity contribution in [1.29, 1.82) is 0 Å². The summed E-state index contributed by atoms with van der Waals surface area (Å²) in [6.45, 7) is 9.68. The van der Waals surface area contributed by atoms with E-state index in [2.05, 4.69) is 20.3 Å². The maximum atomic E-state index is 14.9. The summed E-state index contributed by atoms with van der Waals surface area (Å²) in [7, 11) is -4.05. The van der Waals surface area contributed by atoms with Crippen molar-refractivity contribution in [2.75, 3.05) is 13.2 Å². The monoisotopic (exact) mass is 831 g/mol. The highest BCUT2D eigenvalue weighted by molar-refractivity contribution is 7.91. The number of amides is 4. The molecule has 3 heterocycles. The van der Waals surface area contributed by atoms with E-state index >= 15 is 0 Å². The van der Waals surface area contributed by atoms with Gasteiger partial charge in [-0.05, 0) is 84.1 Å². The molecule has 0 radical (unpaired) electrons. The molecule has 3 fully saturated rings. The molecular weight excluding hydrogens is 777 g/mol. The summed E-state index contributed by atoms with van der Waals surface area (Å²) in [6, 6.07) is 4.78.